The van der Waals surface area contributed by atoms with Gasteiger partial charge in [0, 0.05) is 35.7 Å². The maximum absolute atomic E-state index is 12.4. The van der Waals surface area contributed by atoms with Gasteiger partial charge < -0.3 is 20.1 Å². The highest BCUT2D eigenvalue weighted by molar-refractivity contribution is 7.85. The molecular weight excluding hydrogens is 328 g/mol. The van der Waals surface area contributed by atoms with E-state index in [0.717, 1.165) is 19.5 Å². The lowest BCUT2D eigenvalue weighted by Gasteiger charge is -2.30. The van der Waals surface area contributed by atoms with Crippen LogP contribution in [0.25, 0.3) is 0 Å². The highest BCUT2D eigenvalue weighted by Gasteiger charge is 2.22. The fraction of sp³-hybridized carbons (Fsp3) is 0.588. The predicted molar refractivity (Wildman–Crippen MR) is 91.9 cm³/mol. The number of fused-ring (bicyclic) bond motifs is 1. The molecular formula is C17H24N2O4S. The minimum atomic E-state index is -1.23. The molecule has 3 atom stereocenters. The lowest BCUT2D eigenvalue weighted by atomic mass is 9.95. The molecule has 1 saturated heterocycles. The number of carbonyl (C=O) groups excluding carboxylic acids is 1. The summed E-state index contributed by atoms with van der Waals surface area (Å²) >= 11 is 0. The average Bonchev–Trinajstić information content (AvgIpc) is 2.61. The molecule has 0 spiro atoms. The van der Waals surface area contributed by atoms with Crippen molar-refractivity contribution >= 4 is 16.7 Å². The Labute approximate surface area is 144 Å². The molecule has 1 amide bonds. The van der Waals surface area contributed by atoms with Crippen molar-refractivity contribution in [1.29, 1.82) is 0 Å². The molecule has 0 saturated carbocycles. The number of benzene rings is 1. The zero-order valence-electron chi connectivity index (χ0n) is 13.9. The fourth-order valence-corrected chi connectivity index (χ4v) is 4.00. The summed E-state index contributed by atoms with van der Waals surface area (Å²) < 4.78 is 23.4. The van der Waals surface area contributed by atoms with Crippen molar-refractivity contribution in [3.63, 3.8) is 0 Å². The van der Waals surface area contributed by atoms with Crippen LogP contribution in [0, 0.1) is 5.92 Å². The van der Waals surface area contributed by atoms with Crippen LogP contribution in [0.5, 0.6) is 11.5 Å². The third kappa shape index (κ3) is 4.27. The third-order valence-corrected chi connectivity index (χ3v) is 5.82. The van der Waals surface area contributed by atoms with Crippen molar-refractivity contribution in [2.45, 2.75) is 30.7 Å². The predicted octanol–water partition coefficient (Wildman–Crippen LogP) is 1.07. The normalized spacial score (nSPS) is 24.2. The SMILES string of the molecule is CC1CCNCC1NC(=O)CCS(=O)c1ccc2c(c1)OCCO2. The Morgan fingerprint density at radius 2 is 2.12 bits per heavy atom. The number of piperidine rings is 1. The number of hydrogen-bond donors (Lipinski definition) is 2. The monoisotopic (exact) mass is 352 g/mol. The van der Waals surface area contributed by atoms with Gasteiger partial charge in [-0.15, -0.1) is 0 Å². The molecule has 24 heavy (non-hydrogen) atoms. The Morgan fingerprint density at radius 1 is 1.33 bits per heavy atom. The molecule has 6 nitrogen and oxygen atoms in total. The standard InChI is InChI=1S/C17H24N2O4S/c1-12-4-6-18-11-14(12)19-17(20)5-9-24(21)13-2-3-15-16(10-13)23-8-7-22-15/h2-3,10,12,14,18H,4-9,11H2,1H3,(H,19,20). The average molecular weight is 352 g/mol. The van der Waals surface area contributed by atoms with E-state index in [0.29, 0.717) is 41.3 Å². The molecule has 2 aliphatic heterocycles. The minimum Gasteiger partial charge on any atom is -0.486 e. The summed E-state index contributed by atoms with van der Waals surface area (Å²) in [6.45, 7) is 4.99. The second kappa shape index (κ2) is 7.98. The number of nitrogens with one attached hydrogen (secondary N) is 2. The van der Waals surface area contributed by atoms with Crippen LogP contribution in [0.15, 0.2) is 23.1 Å². The minimum absolute atomic E-state index is 0.0403. The van der Waals surface area contributed by atoms with Crippen molar-refractivity contribution < 1.29 is 18.5 Å². The van der Waals surface area contributed by atoms with Crippen LogP contribution in [-0.2, 0) is 15.6 Å². The van der Waals surface area contributed by atoms with E-state index in [4.69, 9.17) is 9.47 Å². The zero-order chi connectivity index (χ0) is 16.9. The van der Waals surface area contributed by atoms with Gasteiger partial charge in [-0.1, -0.05) is 6.92 Å². The quantitative estimate of drug-likeness (QED) is 0.829. The summed E-state index contributed by atoms with van der Waals surface area (Å²) in [7, 11) is -1.23. The highest BCUT2D eigenvalue weighted by atomic mass is 32.2. The van der Waals surface area contributed by atoms with Gasteiger partial charge in [0.2, 0.25) is 5.91 Å². The van der Waals surface area contributed by atoms with Crippen molar-refractivity contribution in [2.24, 2.45) is 5.92 Å². The van der Waals surface area contributed by atoms with Crippen molar-refractivity contribution in [3.05, 3.63) is 18.2 Å². The number of carbonyl (C=O) groups is 1. The van der Waals surface area contributed by atoms with Crippen LogP contribution < -0.4 is 20.1 Å². The third-order valence-electron chi connectivity index (χ3n) is 4.47. The van der Waals surface area contributed by atoms with Crippen molar-refractivity contribution in [3.8, 4) is 11.5 Å². The van der Waals surface area contributed by atoms with Gasteiger partial charge in [0.1, 0.15) is 13.2 Å². The lowest BCUT2D eigenvalue weighted by Crippen LogP contribution is -2.50. The van der Waals surface area contributed by atoms with Gasteiger partial charge in [-0.2, -0.15) is 0 Å². The molecule has 0 bridgehead atoms. The van der Waals surface area contributed by atoms with E-state index in [2.05, 4.69) is 17.6 Å². The van der Waals surface area contributed by atoms with Crippen LogP contribution in [0.2, 0.25) is 0 Å². The summed E-state index contributed by atoms with van der Waals surface area (Å²) in [5, 5.41) is 6.33. The number of rotatable bonds is 5. The van der Waals surface area contributed by atoms with E-state index < -0.39 is 10.8 Å². The molecule has 7 heteroatoms. The highest BCUT2D eigenvalue weighted by Crippen LogP contribution is 2.31. The second-order valence-electron chi connectivity index (χ2n) is 6.25. The van der Waals surface area contributed by atoms with Crippen molar-refractivity contribution in [1.82, 2.24) is 10.6 Å². The maximum atomic E-state index is 12.4. The molecule has 0 radical (unpaired) electrons. The molecule has 132 valence electrons. The Balaban J connectivity index is 1.50. The Morgan fingerprint density at radius 3 is 2.92 bits per heavy atom. The summed E-state index contributed by atoms with van der Waals surface area (Å²) in [6.07, 6.45) is 1.32. The molecule has 0 aromatic heterocycles. The first-order valence-electron chi connectivity index (χ1n) is 8.41. The van der Waals surface area contributed by atoms with Crippen molar-refractivity contribution in [2.75, 3.05) is 32.1 Å². The summed E-state index contributed by atoms with van der Waals surface area (Å²) in [6, 6.07) is 5.45. The fourth-order valence-electron chi connectivity index (χ4n) is 2.93. The van der Waals surface area contributed by atoms with Crippen LogP contribution in [0.3, 0.4) is 0 Å². The first-order chi connectivity index (χ1) is 11.6. The summed E-state index contributed by atoms with van der Waals surface area (Å²) in [4.78, 5) is 12.8. The van der Waals surface area contributed by atoms with Crippen LogP contribution in [0.1, 0.15) is 19.8 Å². The van der Waals surface area contributed by atoms with Gasteiger partial charge in [-0.05, 0) is 31.0 Å². The van der Waals surface area contributed by atoms with Gasteiger partial charge in [-0.3, -0.25) is 9.00 Å². The van der Waals surface area contributed by atoms with Gasteiger partial charge >= 0.3 is 0 Å². The zero-order valence-corrected chi connectivity index (χ0v) is 14.7. The number of ether oxygens (including phenoxy) is 2. The Bertz CT molecular complexity index is 623. The van der Waals surface area contributed by atoms with Gasteiger partial charge in [0.25, 0.3) is 0 Å². The smallest absolute Gasteiger partial charge is 0.221 e. The van der Waals surface area contributed by atoms with E-state index >= 15 is 0 Å². The molecule has 2 aliphatic rings. The summed E-state index contributed by atoms with van der Waals surface area (Å²) in [5.41, 5.74) is 0. The molecule has 1 aromatic carbocycles. The Kier molecular flexibility index (Phi) is 5.73. The molecule has 1 fully saturated rings. The van der Waals surface area contributed by atoms with Gasteiger partial charge in [0.15, 0.2) is 11.5 Å². The van der Waals surface area contributed by atoms with Gasteiger partial charge in [0.05, 0.1) is 10.8 Å². The molecule has 3 unspecified atom stereocenters. The molecule has 2 N–H and O–H groups in total. The second-order valence-corrected chi connectivity index (χ2v) is 7.82. The van der Waals surface area contributed by atoms with E-state index in [1.165, 1.54) is 0 Å². The van der Waals surface area contributed by atoms with Crippen LogP contribution >= 0.6 is 0 Å². The largest absolute Gasteiger partial charge is 0.486 e. The Hall–Kier alpha value is -1.60. The first-order valence-corrected chi connectivity index (χ1v) is 9.73. The van der Waals surface area contributed by atoms with E-state index in [9.17, 15) is 9.00 Å². The molecule has 3 rings (SSSR count). The van der Waals surface area contributed by atoms with Crippen LogP contribution in [-0.4, -0.2) is 48.2 Å². The molecule has 1 aromatic rings. The number of amides is 1. The lowest BCUT2D eigenvalue weighted by molar-refractivity contribution is -0.121. The van der Waals surface area contributed by atoms with E-state index in [1.54, 1.807) is 18.2 Å². The maximum Gasteiger partial charge on any atom is 0.221 e. The molecule has 2 heterocycles. The van der Waals surface area contributed by atoms with E-state index in [1.807, 2.05) is 0 Å². The number of hydrogen-bond acceptors (Lipinski definition) is 5. The van der Waals surface area contributed by atoms with Crippen LogP contribution in [0.4, 0.5) is 0 Å². The summed E-state index contributed by atoms with van der Waals surface area (Å²) in [5.74, 6) is 2.04. The van der Waals surface area contributed by atoms with Gasteiger partial charge in [-0.25, -0.2) is 0 Å². The molecule has 0 aliphatic carbocycles. The van der Waals surface area contributed by atoms with E-state index in [-0.39, 0.29) is 18.4 Å². The first kappa shape index (κ1) is 17.2. The topological polar surface area (TPSA) is 76.7 Å².